The van der Waals surface area contributed by atoms with Gasteiger partial charge in [0.2, 0.25) is 0 Å². The number of methoxy groups -OCH3 is 1. The lowest BCUT2D eigenvalue weighted by atomic mass is 9.84. The maximum absolute atomic E-state index is 12.0. The highest BCUT2D eigenvalue weighted by molar-refractivity contribution is 6.76. The van der Waals surface area contributed by atoms with E-state index in [4.69, 9.17) is 9.47 Å². The molecule has 0 saturated carbocycles. The van der Waals surface area contributed by atoms with Crippen molar-refractivity contribution < 1.29 is 14.3 Å². The summed E-state index contributed by atoms with van der Waals surface area (Å²) in [6.07, 6.45) is 1.79. The molecule has 2 rings (SSSR count). The third kappa shape index (κ3) is 4.24. The summed E-state index contributed by atoms with van der Waals surface area (Å²) in [5.41, 5.74) is 2.07. The summed E-state index contributed by atoms with van der Waals surface area (Å²) in [7, 11) is 0.342. The lowest BCUT2D eigenvalue weighted by Crippen LogP contribution is -2.30. The molecule has 0 atom stereocenters. The fraction of sp³-hybridized carbons (Fsp3) is 0.556. The van der Waals surface area contributed by atoms with Gasteiger partial charge in [-0.3, -0.25) is 4.79 Å². The molecular weight excluding hydrogens is 320 g/mol. The van der Waals surface area contributed by atoms with Crippen molar-refractivity contribution in [2.45, 2.75) is 51.7 Å². The van der Waals surface area contributed by atoms with Crippen molar-refractivity contribution >= 4 is 25.1 Å². The van der Waals surface area contributed by atoms with Gasteiger partial charge in [-0.25, -0.2) is 4.98 Å². The first-order valence-electron chi connectivity index (χ1n) is 8.27. The Hall–Kier alpha value is -1.66. The van der Waals surface area contributed by atoms with Crippen molar-refractivity contribution in [1.29, 1.82) is 0 Å². The molecule has 24 heavy (non-hydrogen) atoms. The third-order valence-electron chi connectivity index (χ3n) is 4.27. The van der Waals surface area contributed by atoms with E-state index in [2.05, 4.69) is 24.6 Å². The fourth-order valence-electron chi connectivity index (χ4n) is 2.47. The molecule has 0 fully saturated rings. The molecule has 0 spiro atoms. The fourth-order valence-corrected chi connectivity index (χ4v) is 3.23. The molecule has 6 heteroatoms. The van der Waals surface area contributed by atoms with Crippen LogP contribution in [0.2, 0.25) is 25.7 Å². The van der Waals surface area contributed by atoms with Crippen LogP contribution < -0.4 is 0 Å². The Morgan fingerprint density at radius 3 is 2.62 bits per heavy atom. The number of benzene rings is 1. The molecular formula is C18H28N2O3Si. The summed E-state index contributed by atoms with van der Waals surface area (Å²) >= 11 is 0. The van der Waals surface area contributed by atoms with Gasteiger partial charge in [0.05, 0.1) is 29.9 Å². The van der Waals surface area contributed by atoms with Crippen LogP contribution in [0.3, 0.4) is 0 Å². The topological polar surface area (TPSA) is 53.3 Å². The molecule has 0 N–H and O–H groups in total. The molecule has 0 saturated heterocycles. The smallest absolute Gasteiger partial charge is 0.315 e. The van der Waals surface area contributed by atoms with Crippen LogP contribution in [0.15, 0.2) is 24.5 Å². The van der Waals surface area contributed by atoms with E-state index in [9.17, 15) is 4.79 Å². The highest BCUT2D eigenvalue weighted by Crippen LogP contribution is 2.27. The van der Waals surface area contributed by atoms with E-state index < -0.39 is 13.5 Å². The lowest BCUT2D eigenvalue weighted by molar-refractivity contribution is -0.146. The maximum atomic E-state index is 12.0. The van der Waals surface area contributed by atoms with Gasteiger partial charge in [-0.2, -0.15) is 0 Å². The molecule has 0 radical (unpaired) electrons. The molecule has 2 aromatic rings. The van der Waals surface area contributed by atoms with E-state index in [0.717, 1.165) is 29.2 Å². The first kappa shape index (κ1) is 18.7. The van der Waals surface area contributed by atoms with E-state index in [-0.39, 0.29) is 5.97 Å². The number of hydrogen-bond donors (Lipinski definition) is 0. The third-order valence-corrected chi connectivity index (χ3v) is 5.97. The van der Waals surface area contributed by atoms with Gasteiger partial charge in [0, 0.05) is 14.7 Å². The van der Waals surface area contributed by atoms with E-state index in [1.54, 1.807) is 6.33 Å². The van der Waals surface area contributed by atoms with Crippen LogP contribution >= 0.6 is 0 Å². The highest BCUT2D eigenvalue weighted by Gasteiger charge is 2.31. The predicted molar refractivity (Wildman–Crippen MR) is 98.9 cm³/mol. The van der Waals surface area contributed by atoms with E-state index >= 15 is 0 Å². The Morgan fingerprint density at radius 2 is 2.00 bits per heavy atom. The number of esters is 1. The standard InChI is InChI=1S/C18H28N2O3Si/c1-18(2,17(21)22-3)14-7-8-16-15(11-14)19-12-20(16)13-23-9-10-24(4,5)6/h7-8,11-12H,9-10,13H2,1-6H3. The molecule has 132 valence electrons. The number of aromatic nitrogens is 2. The zero-order valence-electron chi connectivity index (χ0n) is 15.5. The summed E-state index contributed by atoms with van der Waals surface area (Å²) in [4.78, 5) is 16.4. The normalized spacial score (nSPS) is 12.6. The van der Waals surface area contributed by atoms with E-state index in [1.807, 2.05) is 36.6 Å². The second-order valence-corrected chi connectivity index (χ2v) is 13.5. The molecule has 5 nitrogen and oxygen atoms in total. The zero-order valence-corrected chi connectivity index (χ0v) is 16.5. The van der Waals surface area contributed by atoms with Crippen LogP contribution in [0, 0.1) is 0 Å². The predicted octanol–water partition coefficient (Wildman–Crippen LogP) is 3.80. The van der Waals surface area contributed by atoms with Gasteiger partial charge in [-0.15, -0.1) is 0 Å². The molecule has 1 aromatic carbocycles. The lowest BCUT2D eigenvalue weighted by Gasteiger charge is -2.22. The Labute approximate surface area is 145 Å². The summed E-state index contributed by atoms with van der Waals surface area (Å²) in [6, 6.07) is 7.05. The molecule has 0 unspecified atom stereocenters. The molecule has 0 aliphatic rings. The number of imidazole rings is 1. The van der Waals surface area contributed by atoms with Gasteiger partial charge in [-0.1, -0.05) is 25.7 Å². The quantitative estimate of drug-likeness (QED) is 0.434. The Morgan fingerprint density at radius 1 is 1.29 bits per heavy atom. The SMILES string of the molecule is COC(=O)C(C)(C)c1ccc2c(c1)ncn2COCC[Si](C)(C)C. The van der Waals surface area contributed by atoms with Gasteiger partial charge in [0.25, 0.3) is 0 Å². The molecule has 0 bridgehead atoms. The summed E-state index contributed by atoms with van der Waals surface area (Å²) in [5, 5.41) is 0. The highest BCUT2D eigenvalue weighted by atomic mass is 28.3. The van der Waals surface area contributed by atoms with Crippen molar-refractivity contribution in [3.63, 3.8) is 0 Å². The zero-order chi connectivity index (χ0) is 18.0. The summed E-state index contributed by atoms with van der Waals surface area (Å²) in [6.45, 7) is 12.0. The van der Waals surface area contributed by atoms with Gasteiger partial charge in [0.1, 0.15) is 6.73 Å². The van der Waals surface area contributed by atoms with Gasteiger partial charge in [0.15, 0.2) is 0 Å². The number of carbonyl (C=O) groups is 1. The minimum absolute atomic E-state index is 0.254. The van der Waals surface area contributed by atoms with E-state index in [0.29, 0.717) is 6.73 Å². The number of ether oxygens (including phenoxy) is 2. The number of hydrogen-bond acceptors (Lipinski definition) is 4. The van der Waals surface area contributed by atoms with Gasteiger partial charge >= 0.3 is 5.97 Å². The number of fused-ring (bicyclic) bond motifs is 1. The van der Waals surface area contributed by atoms with Crippen molar-refractivity contribution in [2.24, 2.45) is 0 Å². The Balaban J connectivity index is 2.12. The largest absolute Gasteiger partial charge is 0.468 e. The average Bonchev–Trinajstić information content (AvgIpc) is 2.92. The molecule has 0 amide bonds. The number of nitrogens with zero attached hydrogens (tertiary/aromatic N) is 2. The first-order valence-corrected chi connectivity index (χ1v) is 12.0. The van der Waals surface area contributed by atoms with Crippen LogP contribution in [0.1, 0.15) is 19.4 Å². The molecule has 1 aromatic heterocycles. The summed E-state index contributed by atoms with van der Waals surface area (Å²) in [5.74, 6) is -0.254. The summed E-state index contributed by atoms with van der Waals surface area (Å²) < 4.78 is 12.7. The monoisotopic (exact) mass is 348 g/mol. The molecule has 0 aliphatic heterocycles. The second kappa shape index (κ2) is 7.07. The Kier molecular flexibility index (Phi) is 5.50. The minimum atomic E-state index is -1.07. The van der Waals surface area contributed by atoms with Crippen molar-refractivity contribution in [3.05, 3.63) is 30.1 Å². The maximum Gasteiger partial charge on any atom is 0.315 e. The van der Waals surface area contributed by atoms with Gasteiger partial charge in [-0.05, 0) is 37.6 Å². The van der Waals surface area contributed by atoms with Crippen LogP contribution in [0.4, 0.5) is 0 Å². The van der Waals surface area contributed by atoms with Crippen LogP contribution in [-0.2, 0) is 26.4 Å². The van der Waals surface area contributed by atoms with Crippen LogP contribution in [0.5, 0.6) is 0 Å². The van der Waals surface area contributed by atoms with Crippen molar-refractivity contribution in [2.75, 3.05) is 13.7 Å². The first-order chi connectivity index (χ1) is 11.1. The second-order valence-electron chi connectivity index (χ2n) is 7.88. The molecule has 0 aliphatic carbocycles. The van der Waals surface area contributed by atoms with E-state index in [1.165, 1.54) is 7.11 Å². The molecule has 1 heterocycles. The number of rotatable bonds is 7. The average molecular weight is 349 g/mol. The number of carbonyl (C=O) groups excluding carboxylic acids is 1. The van der Waals surface area contributed by atoms with Crippen LogP contribution in [-0.4, -0.2) is 37.3 Å². The minimum Gasteiger partial charge on any atom is -0.468 e. The van der Waals surface area contributed by atoms with Crippen LogP contribution in [0.25, 0.3) is 11.0 Å². The van der Waals surface area contributed by atoms with Crippen molar-refractivity contribution in [1.82, 2.24) is 9.55 Å². The van der Waals surface area contributed by atoms with Crippen molar-refractivity contribution in [3.8, 4) is 0 Å². The van der Waals surface area contributed by atoms with Gasteiger partial charge < -0.3 is 14.0 Å². The Bertz CT molecular complexity index is 717.